The van der Waals surface area contributed by atoms with E-state index in [0.717, 1.165) is 35.8 Å². The predicted molar refractivity (Wildman–Crippen MR) is 84.9 cm³/mol. The van der Waals surface area contributed by atoms with Crippen LogP contribution in [0.4, 0.5) is 5.82 Å². The minimum atomic E-state index is -0.0387. The summed E-state index contributed by atoms with van der Waals surface area (Å²) in [5, 5.41) is 0. The molecule has 0 aromatic carbocycles. The summed E-state index contributed by atoms with van der Waals surface area (Å²) in [4.78, 5) is 13.5. The molecular formula is C14H25BrN4. The van der Waals surface area contributed by atoms with Crippen molar-refractivity contribution in [2.45, 2.75) is 32.6 Å². The first-order valence-electron chi connectivity index (χ1n) is 6.61. The highest BCUT2D eigenvalue weighted by Crippen LogP contribution is 2.23. The molecule has 1 heterocycles. The monoisotopic (exact) mass is 328 g/mol. The second kappa shape index (κ2) is 6.66. The molecule has 0 saturated heterocycles. The quantitative estimate of drug-likeness (QED) is 0.778. The Hall–Kier alpha value is -0.680. The van der Waals surface area contributed by atoms with Gasteiger partial charge in [-0.3, -0.25) is 0 Å². The Morgan fingerprint density at radius 1 is 1.11 bits per heavy atom. The van der Waals surface area contributed by atoms with Gasteiger partial charge >= 0.3 is 0 Å². The van der Waals surface area contributed by atoms with E-state index in [2.05, 4.69) is 77.6 Å². The molecule has 1 aromatic heterocycles. The molecule has 0 saturated carbocycles. The van der Waals surface area contributed by atoms with E-state index in [1.54, 1.807) is 0 Å². The molecule has 0 aliphatic rings. The lowest BCUT2D eigenvalue weighted by Gasteiger charge is -2.23. The second-order valence-corrected chi connectivity index (χ2v) is 7.01. The van der Waals surface area contributed by atoms with Crippen LogP contribution in [0.1, 0.15) is 33.0 Å². The van der Waals surface area contributed by atoms with Gasteiger partial charge in [-0.25, -0.2) is 9.97 Å². The van der Waals surface area contributed by atoms with Crippen LogP contribution in [0.5, 0.6) is 0 Å². The third-order valence-electron chi connectivity index (χ3n) is 2.84. The molecule has 0 fully saturated rings. The number of hydrogen-bond donors (Lipinski definition) is 0. The van der Waals surface area contributed by atoms with Gasteiger partial charge in [0.15, 0.2) is 0 Å². The van der Waals surface area contributed by atoms with Crippen LogP contribution in [0.15, 0.2) is 10.7 Å². The van der Waals surface area contributed by atoms with Gasteiger partial charge in [-0.2, -0.15) is 0 Å². The predicted octanol–water partition coefficient (Wildman–Crippen LogP) is 2.92. The van der Waals surface area contributed by atoms with Gasteiger partial charge in [0.2, 0.25) is 0 Å². The van der Waals surface area contributed by atoms with Gasteiger partial charge in [-0.15, -0.1) is 0 Å². The standard InChI is InChI=1S/C14H25BrN4/c1-14(2,3)13-16-11(15)10-12(17-13)19(6)9-7-8-18(4)5/h10H,7-9H2,1-6H3. The number of anilines is 1. The summed E-state index contributed by atoms with van der Waals surface area (Å²) in [6.45, 7) is 8.47. The van der Waals surface area contributed by atoms with Crippen LogP contribution in [0.25, 0.3) is 0 Å². The van der Waals surface area contributed by atoms with Crippen LogP contribution >= 0.6 is 15.9 Å². The molecule has 108 valence electrons. The van der Waals surface area contributed by atoms with Crippen LogP contribution in [-0.2, 0) is 5.41 Å². The molecule has 5 heteroatoms. The van der Waals surface area contributed by atoms with E-state index in [1.165, 1.54) is 0 Å². The molecule has 0 unspecified atom stereocenters. The smallest absolute Gasteiger partial charge is 0.137 e. The van der Waals surface area contributed by atoms with Crippen molar-refractivity contribution in [2.24, 2.45) is 0 Å². The molecule has 0 spiro atoms. The topological polar surface area (TPSA) is 32.3 Å². The van der Waals surface area contributed by atoms with E-state index in [9.17, 15) is 0 Å². The molecule has 0 aliphatic carbocycles. The zero-order valence-electron chi connectivity index (χ0n) is 12.9. The Kier molecular flexibility index (Phi) is 5.74. The van der Waals surface area contributed by atoms with Crippen molar-refractivity contribution < 1.29 is 0 Å². The fraction of sp³-hybridized carbons (Fsp3) is 0.714. The molecule has 4 nitrogen and oxygen atoms in total. The fourth-order valence-corrected chi connectivity index (χ4v) is 2.05. The van der Waals surface area contributed by atoms with Crippen molar-refractivity contribution in [1.29, 1.82) is 0 Å². The Balaban J connectivity index is 2.79. The average Bonchev–Trinajstić information content (AvgIpc) is 2.26. The fourth-order valence-electron chi connectivity index (χ4n) is 1.68. The van der Waals surface area contributed by atoms with Crippen LogP contribution in [0.3, 0.4) is 0 Å². The third kappa shape index (κ3) is 5.45. The molecule has 0 bridgehead atoms. The maximum absolute atomic E-state index is 4.67. The van der Waals surface area contributed by atoms with E-state index < -0.39 is 0 Å². The summed E-state index contributed by atoms with van der Waals surface area (Å²) in [6.07, 6.45) is 1.12. The molecule has 19 heavy (non-hydrogen) atoms. The molecular weight excluding hydrogens is 304 g/mol. The number of rotatable bonds is 5. The summed E-state index contributed by atoms with van der Waals surface area (Å²) in [5.74, 6) is 1.85. The number of nitrogens with zero attached hydrogens (tertiary/aromatic N) is 4. The van der Waals surface area contributed by atoms with Gasteiger partial charge in [-0.1, -0.05) is 20.8 Å². The lowest BCUT2D eigenvalue weighted by molar-refractivity contribution is 0.401. The first-order chi connectivity index (χ1) is 8.70. The Morgan fingerprint density at radius 2 is 1.74 bits per heavy atom. The van der Waals surface area contributed by atoms with E-state index in [4.69, 9.17) is 0 Å². The van der Waals surface area contributed by atoms with Gasteiger partial charge in [-0.05, 0) is 43.0 Å². The molecule has 0 aliphatic heterocycles. The van der Waals surface area contributed by atoms with Gasteiger partial charge in [0.1, 0.15) is 16.2 Å². The largest absolute Gasteiger partial charge is 0.359 e. The van der Waals surface area contributed by atoms with E-state index in [1.807, 2.05) is 6.07 Å². The first kappa shape index (κ1) is 16.4. The second-order valence-electron chi connectivity index (χ2n) is 6.20. The van der Waals surface area contributed by atoms with E-state index >= 15 is 0 Å². The average molecular weight is 329 g/mol. The van der Waals surface area contributed by atoms with Crippen molar-refractivity contribution in [1.82, 2.24) is 14.9 Å². The minimum absolute atomic E-state index is 0.0387. The summed E-state index contributed by atoms with van der Waals surface area (Å²) in [5.41, 5.74) is -0.0387. The number of halogens is 1. The highest BCUT2D eigenvalue weighted by Gasteiger charge is 2.19. The maximum Gasteiger partial charge on any atom is 0.137 e. The Labute approximate surface area is 125 Å². The van der Waals surface area contributed by atoms with Crippen molar-refractivity contribution >= 4 is 21.7 Å². The maximum atomic E-state index is 4.67. The van der Waals surface area contributed by atoms with Crippen LogP contribution in [-0.4, -0.2) is 49.1 Å². The number of hydrogen-bond acceptors (Lipinski definition) is 4. The Morgan fingerprint density at radius 3 is 2.26 bits per heavy atom. The highest BCUT2D eigenvalue weighted by molar-refractivity contribution is 9.10. The minimum Gasteiger partial charge on any atom is -0.359 e. The van der Waals surface area contributed by atoms with Crippen LogP contribution in [0.2, 0.25) is 0 Å². The summed E-state index contributed by atoms with van der Waals surface area (Å²) in [7, 11) is 6.27. The van der Waals surface area contributed by atoms with Crippen molar-refractivity contribution in [3.63, 3.8) is 0 Å². The zero-order chi connectivity index (χ0) is 14.6. The molecule has 0 amide bonds. The molecule has 0 N–H and O–H groups in total. The molecule has 1 aromatic rings. The van der Waals surface area contributed by atoms with Crippen molar-refractivity contribution in [2.75, 3.05) is 39.1 Å². The van der Waals surface area contributed by atoms with Gasteiger partial charge in [0.25, 0.3) is 0 Å². The number of aromatic nitrogens is 2. The lowest BCUT2D eigenvalue weighted by Crippen LogP contribution is -2.25. The van der Waals surface area contributed by atoms with Gasteiger partial charge in [0.05, 0.1) is 0 Å². The van der Waals surface area contributed by atoms with Gasteiger partial charge in [0, 0.05) is 25.1 Å². The summed E-state index contributed by atoms with van der Waals surface area (Å²) in [6, 6.07) is 1.98. The molecule has 0 radical (unpaired) electrons. The van der Waals surface area contributed by atoms with Crippen LogP contribution in [0, 0.1) is 0 Å². The van der Waals surface area contributed by atoms with Crippen LogP contribution < -0.4 is 4.90 Å². The van der Waals surface area contributed by atoms with E-state index in [0.29, 0.717) is 0 Å². The lowest BCUT2D eigenvalue weighted by atomic mass is 9.96. The summed E-state index contributed by atoms with van der Waals surface area (Å²) >= 11 is 3.48. The third-order valence-corrected chi connectivity index (χ3v) is 3.25. The molecule has 0 atom stereocenters. The highest BCUT2D eigenvalue weighted by atomic mass is 79.9. The Bertz CT molecular complexity index is 412. The van der Waals surface area contributed by atoms with E-state index in [-0.39, 0.29) is 5.41 Å². The normalized spacial score (nSPS) is 12.0. The SMILES string of the molecule is CN(C)CCCN(C)c1cc(Br)nc(C(C)(C)C)n1. The first-order valence-corrected chi connectivity index (χ1v) is 7.40. The van der Waals surface area contributed by atoms with Crippen molar-refractivity contribution in [3.05, 3.63) is 16.5 Å². The zero-order valence-corrected chi connectivity index (χ0v) is 14.5. The van der Waals surface area contributed by atoms with Crippen molar-refractivity contribution in [3.8, 4) is 0 Å². The molecule has 1 rings (SSSR count). The van der Waals surface area contributed by atoms with Gasteiger partial charge < -0.3 is 9.80 Å². The summed E-state index contributed by atoms with van der Waals surface area (Å²) < 4.78 is 0.849.